The molecule has 3 rings (SSSR count). The molecule has 0 aliphatic heterocycles. The van der Waals surface area contributed by atoms with Crippen molar-refractivity contribution in [3.63, 3.8) is 0 Å². The summed E-state index contributed by atoms with van der Waals surface area (Å²) in [6.45, 7) is 1.90. The van der Waals surface area contributed by atoms with Gasteiger partial charge in [0.2, 0.25) is 0 Å². The Bertz CT molecular complexity index is 755. The normalized spacial score (nSPS) is 14.0. The number of benzene rings is 2. The standard InChI is InChI=1S/C17H11ClO2/c1-10-2-7-13-15(8-10)16(19)9-14(17(13)20)11-3-5-12(18)6-4-11/h2-9H,1H3. The highest BCUT2D eigenvalue weighted by atomic mass is 35.5. The van der Waals surface area contributed by atoms with Crippen LogP contribution in [0.5, 0.6) is 0 Å². The number of rotatable bonds is 1. The molecular weight excluding hydrogens is 272 g/mol. The average Bonchev–Trinajstić information content (AvgIpc) is 2.44. The summed E-state index contributed by atoms with van der Waals surface area (Å²) in [5.41, 5.74) is 3.04. The molecular formula is C17H11ClO2. The van der Waals surface area contributed by atoms with Crippen LogP contribution in [-0.2, 0) is 0 Å². The van der Waals surface area contributed by atoms with Crippen molar-refractivity contribution in [3.05, 3.63) is 75.8 Å². The number of hydrogen-bond acceptors (Lipinski definition) is 2. The lowest BCUT2D eigenvalue weighted by Gasteiger charge is -2.15. The lowest BCUT2D eigenvalue weighted by atomic mass is 9.85. The predicted octanol–water partition coefficient (Wildman–Crippen LogP) is 4.11. The molecule has 2 nitrogen and oxygen atoms in total. The largest absolute Gasteiger partial charge is 0.289 e. The van der Waals surface area contributed by atoms with Crippen LogP contribution in [0.2, 0.25) is 5.02 Å². The van der Waals surface area contributed by atoms with Gasteiger partial charge in [-0.1, -0.05) is 41.4 Å². The summed E-state index contributed by atoms with van der Waals surface area (Å²) in [6, 6.07) is 12.2. The molecule has 20 heavy (non-hydrogen) atoms. The third kappa shape index (κ3) is 2.08. The molecule has 0 atom stereocenters. The minimum atomic E-state index is -0.131. The van der Waals surface area contributed by atoms with Gasteiger partial charge in [0, 0.05) is 21.7 Å². The van der Waals surface area contributed by atoms with Gasteiger partial charge in [-0.2, -0.15) is 0 Å². The Kier molecular flexibility index (Phi) is 3.03. The van der Waals surface area contributed by atoms with Crippen LogP contribution in [0.15, 0.2) is 48.5 Å². The smallest absolute Gasteiger partial charge is 0.194 e. The van der Waals surface area contributed by atoms with E-state index in [4.69, 9.17) is 11.6 Å². The van der Waals surface area contributed by atoms with Crippen molar-refractivity contribution in [2.75, 3.05) is 0 Å². The molecule has 0 saturated heterocycles. The Morgan fingerprint density at radius 1 is 0.900 bits per heavy atom. The van der Waals surface area contributed by atoms with Gasteiger partial charge in [0.1, 0.15) is 0 Å². The molecule has 0 radical (unpaired) electrons. The molecule has 1 aliphatic rings. The highest BCUT2D eigenvalue weighted by Crippen LogP contribution is 2.28. The van der Waals surface area contributed by atoms with E-state index in [1.54, 1.807) is 36.4 Å². The van der Waals surface area contributed by atoms with E-state index in [1.807, 2.05) is 13.0 Å². The van der Waals surface area contributed by atoms with Crippen molar-refractivity contribution < 1.29 is 9.59 Å². The van der Waals surface area contributed by atoms with Crippen molar-refractivity contribution in [1.82, 2.24) is 0 Å². The number of halogens is 1. The van der Waals surface area contributed by atoms with E-state index >= 15 is 0 Å². The number of carbonyl (C=O) groups is 2. The van der Waals surface area contributed by atoms with E-state index in [9.17, 15) is 9.59 Å². The van der Waals surface area contributed by atoms with Crippen molar-refractivity contribution in [2.45, 2.75) is 6.92 Å². The topological polar surface area (TPSA) is 34.1 Å². The number of Topliss-reactive ketones (excluding diaryl/α,β-unsaturated/α-hetero) is 1. The van der Waals surface area contributed by atoms with Crippen LogP contribution in [0, 0.1) is 6.92 Å². The van der Waals surface area contributed by atoms with Gasteiger partial charge in [0.15, 0.2) is 11.6 Å². The second-order valence-electron chi connectivity index (χ2n) is 4.81. The zero-order valence-corrected chi connectivity index (χ0v) is 11.6. The fourth-order valence-corrected chi connectivity index (χ4v) is 2.45. The summed E-state index contributed by atoms with van der Waals surface area (Å²) < 4.78 is 0. The van der Waals surface area contributed by atoms with Gasteiger partial charge in [0.25, 0.3) is 0 Å². The molecule has 0 heterocycles. The van der Waals surface area contributed by atoms with Crippen LogP contribution in [0.25, 0.3) is 5.57 Å². The Balaban J connectivity index is 2.12. The van der Waals surface area contributed by atoms with Gasteiger partial charge >= 0.3 is 0 Å². The average molecular weight is 283 g/mol. The summed E-state index contributed by atoms with van der Waals surface area (Å²) in [4.78, 5) is 24.7. The summed E-state index contributed by atoms with van der Waals surface area (Å²) >= 11 is 5.84. The van der Waals surface area contributed by atoms with E-state index in [2.05, 4.69) is 0 Å². The van der Waals surface area contributed by atoms with Gasteiger partial charge in [-0.15, -0.1) is 0 Å². The maximum atomic E-state index is 12.5. The lowest BCUT2D eigenvalue weighted by Crippen LogP contribution is -2.16. The van der Waals surface area contributed by atoms with Crippen molar-refractivity contribution >= 4 is 28.7 Å². The van der Waals surface area contributed by atoms with Crippen LogP contribution < -0.4 is 0 Å². The quantitative estimate of drug-likeness (QED) is 0.789. The van der Waals surface area contributed by atoms with Crippen LogP contribution in [0.3, 0.4) is 0 Å². The van der Waals surface area contributed by atoms with Crippen LogP contribution in [-0.4, -0.2) is 11.6 Å². The summed E-state index contributed by atoms with van der Waals surface area (Å²) in [7, 11) is 0. The zero-order chi connectivity index (χ0) is 14.3. The number of hydrogen-bond donors (Lipinski definition) is 0. The monoisotopic (exact) mass is 282 g/mol. The summed E-state index contributed by atoms with van der Waals surface area (Å²) in [5.74, 6) is -0.254. The molecule has 0 aromatic heterocycles. The zero-order valence-electron chi connectivity index (χ0n) is 10.8. The van der Waals surface area contributed by atoms with E-state index in [0.717, 1.165) is 5.56 Å². The van der Waals surface area contributed by atoms with Gasteiger partial charge in [-0.3, -0.25) is 9.59 Å². The maximum Gasteiger partial charge on any atom is 0.194 e. The molecule has 0 spiro atoms. The van der Waals surface area contributed by atoms with E-state index < -0.39 is 0 Å². The highest BCUT2D eigenvalue weighted by molar-refractivity contribution is 6.38. The minimum absolute atomic E-state index is 0.123. The van der Waals surface area contributed by atoms with Crippen molar-refractivity contribution in [3.8, 4) is 0 Å². The van der Waals surface area contributed by atoms with Crippen molar-refractivity contribution in [1.29, 1.82) is 0 Å². The third-order valence-electron chi connectivity index (χ3n) is 3.36. The highest BCUT2D eigenvalue weighted by Gasteiger charge is 2.26. The lowest BCUT2D eigenvalue weighted by molar-refractivity contribution is 0.100. The fraction of sp³-hybridized carbons (Fsp3) is 0.0588. The number of fused-ring (bicyclic) bond motifs is 1. The summed E-state index contributed by atoms with van der Waals surface area (Å²) in [5, 5.41) is 0.597. The molecule has 0 bridgehead atoms. The van der Waals surface area contributed by atoms with Gasteiger partial charge in [-0.05, 0) is 36.8 Å². The first-order valence-corrected chi connectivity index (χ1v) is 6.61. The van der Waals surface area contributed by atoms with Crippen molar-refractivity contribution in [2.24, 2.45) is 0 Å². The Labute approximate surface area is 121 Å². The van der Waals surface area contributed by atoms with Gasteiger partial charge in [0.05, 0.1) is 0 Å². The van der Waals surface area contributed by atoms with E-state index in [-0.39, 0.29) is 11.6 Å². The predicted molar refractivity (Wildman–Crippen MR) is 79.3 cm³/mol. The Morgan fingerprint density at radius 2 is 1.60 bits per heavy atom. The fourth-order valence-electron chi connectivity index (χ4n) is 2.32. The molecule has 2 aromatic carbocycles. The molecule has 0 N–H and O–H groups in total. The number of allylic oxidation sites excluding steroid dienone is 2. The van der Waals surface area contributed by atoms with E-state index in [1.165, 1.54) is 6.08 Å². The molecule has 0 amide bonds. The molecule has 2 aromatic rings. The molecule has 0 saturated carbocycles. The van der Waals surface area contributed by atoms with Crippen LogP contribution in [0.1, 0.15) is 31.8 Å². The molecule has 0 fully saturated rings. The second-order valence-corrected chi connectivity index (χ2v) is 5.24. The van der Waals surface area contributed by atoms with Gasteiger partial charge < -0.3 is 0 Å². The van der Waals surface area contributed by atoms with Crippen LogP contribution >= 0.6 is 11.6 Å². The molecule has 0 unspecified atom stereocenters. The summed E-state index contributed by atoms with van der Waals surface area (Å²) in [6.07, 6.45) is 1.41. The van der Waals surface area contributed by atoms with Gasteiger partial charge in [-0.25, -0.2) is 0 Å². The first-order valence-electron chi connectivity index (χ1n) is 6.23. The minimum Gasteiger partial charge on any atom is -0.289 e. The first kappa shape index (κ1) is 12.8. The first-order chi connectivity index (χ1) is 9.56. The number of aryl methyl sites for hydroxylation is 1. The number of ketones is 2. The second kappa shape index (κ2) is 4.73. The Morgan fingerprint density at radius 3 is 2.30 bits per heavy atom. The number of carbonyl (C=O) groups excluding carboxylic acids is 2. The molecule has 98 valence electrons. The maximum absolute atomic E-state index is 12.5. The Hall–Kier alpha value is -2.19. The SMILES string of the molecule is Cc1ccc2c(c1)C(=O)C=C(c1ccc(Cl)cc1)C2=O. The molecule has 1 aliphatic carbocycles. The molecule has 3 heteroatoms. The van der Waals surface area contributed by atoms with Crippen LogP contribution in [0.4, 0.5) is 0 Å². The third-order valence-corrected chi connectivity index (χ3v) is 3.61. The van der Waals surface area contributed by atoms with E-state index in [0.29, 0.717) is 27.3 Å².